The molecule has 0 radical (unpaired) electrons. The third-order valence-corrected chi connectivity index (χ3v) is 6.46. The molecule has 36 heavy (non-hydrogen) atoms. The van der Waals surface area contributed by atoms with Crippen molar-refractivity contribution >= 4 is 23.6 Å². The molecule has 1 aromatic carbocycles. The summed E-state index contributed by atoms with van der Waals surface area (Å²) < 4.78 is 11.0. The van der Waals surface area contributed by atoms with Crippen LogP contribution in [-0.2, 0) is 16.1 Å². The molecule has 10 nitrogen and oxygen atoms in total. The third kappa shape index (κ3) is 5.92. The molecule has 4 rings (SSSR count). The van der Waals surface area contributed by atoms with Crippen LogP contribution in [0.2, 0.25) is 0 Å². The van der Waals surface area contributed by atoms with Gasteiger partial charge in [0, 0.05) is 31.1 Å². The summed E-state index contributed by atoms with van der Waals surface area (Å²) in [6.07, 6.45) is 4.22. The summed E-state index contributed by atoms with van der Waals surface area (Å²) >= 11 is 0. The maximum absolute atomic E-state index is 12.8. The van der Waals surface area contributed by atoms with E-state index >= 15 is 0 Å². The number of piperidine rings is 1. The Morgan fingerprint density at radius 1 is 1.19 bits per heavy atom. The smallest absolute Gasteiger partial charge is 0.289 e. The van der Waals surface area contributed by atoms with Crippen LogP contribution in [0.4, 0.5) is 0 Å². The molecule has 0 aliphatic carbocycles. The zero-order valence-electron chi connectivity index (χ0n) is 20.7. The SMILES string of the molecule is CC(C)c1cc(C(=O)NCCCCCCOc2ccc3c(c2)CN(C2CCC(=O)NC2=O)C3=O)on1. The van der Waals surface area contributed by atoms with Crippen molar-refractivity contribution in [2.75, 3.05) is 13.2 Å². The van der Waals surface area contributed by atoms with Crippen LogP contribution < -0.4 is 15.4 Å². The van der Waals surface area contributed by atoms with Gasteiger partial charge < -0.3 is 19.5 Å². The van der Waals surface area contributed by atoms with Crippen molar-refractivity contribution in [3.8, 4) is 5.75 Å². The topological polar surface area (TPSA) is 131 Å². The van der Waals surface area contributed by atoms with E-state index in [-0.39, 0.29) is 35.8 Å². The van der Waals surface area contributed by atoms with Gasteiger partial charge in [0.1, 0.15) is 11.8 Å². The number of ether oxygens (including phenoxy) is 1. The number of hydrogen-bond acceptors (Lipinski definition) is 7. The van der Waals surface area contributed by atoms with Crippen molar-refractivity contribution in [2.24, 2.45) is 0 Å². The standard InChI is InChI=1S/C26H32N4O6/c1-16(2)20-14-22(36-29-20)25(33)27-11-5-3-4-6-12-35-18-7-8-19-17(13-18)15-30(26(19)34)21-9-10-23(31)28-24(21)32/h7-8,13-14,16,21H,3-6,9-12,15H2,1-2H3,(H,27,33)(H,28,31,32). The van der Waals surface area contributed by atoms with Crippen molar-refractivity contribution in [1.82, 2.24) is 20.7 Å². The first-order valence-electron chi connectivity index (χ1n) is 12.5. The molecule has 1 unspecified atom stereocenters. The van der Waals surface area contributed by atoms with Gasteiger partial charge in [0.05, 0.1) is 12.3 Å². The Morgan fingerprint density at radius 2 is 2.00 bits per heavy atom. The lowest BCUT2D eigenvalue weighted by Crippen LogP contribution is -2.52. The predicted molar refractivity (Wildman–Crippen MR) is 129 cm³/mol. The number of carbonyl (C=O) groups is 4. The van der Waals surface area contributed by atoms with Crippen LogP contribution >= 0.6 is 0 Å². The molecule has 2 aliphatic heterocycles. The average Bonchev–Trinajstić information content (AvgIpc) is 3.46. The second kappa shape index (κ2) is 11.4. The number of unbranched alkanes of at least 4 members (excludes halogenated alkanes) is 3. The molecule has 0 spiro atoms. The van der Waals surface area contributed by atoms with Crippen molar-refractivity contribution < 1.29 is 28.4 Å². The number of fused-ring (bicyclic) bond motifs is 1. The fourth-order valence-corrected chi connectivity index (χ4v) is 4.37. The minimum atomic E-state index is -0.620. The molecule has 0 bridgehead atoms. The number of nitrogens with one attached hydrogen (secondary N) is 2. The second-order valence-corrected chi connectivity index (χ2v) is 9.51. The van der Waals surface area contributed by atoms with E-state index in [2.05, 4.69) is 15.8 Å². The van der Waals surface area contributed by atoms with Crippen LogP contribution in [0.1, 0.15) is 90.5 Å². The van der Waals surface area contributed by atoms with Crippen LogP contribution in [-0.4, -0.2) is 52.9 Å². The Morgan fingerprint density at radius 3 is 2.75 bits per heavy atom. The number of imide groups is 1. The number of aromatic nitrogens is 1. The maximum atomic E-state index is 12.8. The number of benzene rings is 1. The van der Waals surface area contributed by atoms with Gasteiger partial charge in [-0.3, -0.25) is 24.5 Å². The Labute approximate surface area is 209 Å². The molecular formula is C26H32N4O6. The molecule has 0 saturated carbocycles. The normalized spacial score (nSPS) is 17.4. The Kier molecular flexibility index (Phi) is 8.02. The zero-order chi connectivity index (χ0) is 25.7. The highest BCUT2D eigenvalue weighted by Crippen LogP contribution is 2.30. The fourth-order valence-electron chi connectivity index (χ4n) is 4.37. The lowest BCUT2D eigenvalue weighted by Gasteiger charge is -2.29. The minimum absolute atomic E-state index is 0.193. The van der Waals surface area contributed by atoms with Crippen molar-refractivity contribution in [1.29, 1.82) is 0 Å². The van der Waals surface area contributed by atoms with Crippen LogP contribution in [0.3, 0.4) is 0 Å². The van der Waals surface area contributed by atoms with E-state index in [1.807, 2.05) is 19.9 Å². The summed E-state index contributed by atoms with van der Waals surface area (Å²) in [5.41, 5.74) is 2.16. The molecular weight excluding hydrogens is 464 g/mol. The molecule has 3 heterocycles. The average molecular weight is 497 g/mol. The van der Waals surface area contributed by atoms with Crippen molar-refractivity contribution in [3.63, 3.8) is 0 Å². The number of hydrogen-bond donors (Lipinski definition) is 2. The van der Waals surface area contributed by atoms with Crippen LogP contribution in [0.5, 0.6) is 5.75 Å². The quantitative estimate of drug-likeness (QED) is 0.361. The number of rotatable bonds is 11. The van der Waals surface area contributed by atoms with Crippen molar-refractivity contribution in [2.45, 2.75) is 70.9 Å². The molecule has 1 saturated heterocycles. The summed E-state index contributed by atoms with van der Waals surface area (Å²) in [4.78, 5) is 49.9. The first-order chi connectivity index (χ1) is 17.3. The van der Waals surface area contributed by atoms with Gasteiger partial charge in [0.25, 0.3) is 11.8 Å². The van der Waals surface area contributed by atoms with E-state index < -0.39 is 11.9 Å². The molecule has 1 fully saturated rings. The van der Waals surface area contributed by atoms with Crippen LogP contribution in [0, 0.1) is 0 Å². The third-order valence-electron chi connectivity index (χ3n) is 6.46. The number of carbonyl (C=O) groups excluding carboxylic acids is 4. The Balaban J connectivity index is 1.13. The molecule has 1 atom stereocenters. The van der Waals surface area contributed by atoms with Crippen LogP contribution in [0.15, 0.2) is 28.8 Å². The molecule has 4 amide bonds. The van der Waals surface area contributed by atoms with E-state index in [4.69, 9.17) is 9.26 Å². The first-order valence-corrected chi connectivity index (χ1v) is 12.5. The molecule has 1 aromatic heterocycles. The lowest BCUT2D eigenvalue weighted by atomic mass is 10.0. The van der Waals surface area contributed by atoms with Crippen molar-refractivity contribution in [3.05, 3.63) is 46.8 Å². The van der Waals surface area contributed by atoms with Gasteiger partial charge in [-0.1, -0.05) is 31.8 Å². The molecule has 2 aromatic rings. The Bertz CT molecular complexity index is 1140. The van der Waals surface area contributed by atoms with E-state index in [0.29, 0.717) is 37.4 Å². The van der Waals surface area contributed by atoms with Gasteiger partial charge in [0.15, 0.2) is 0 Å². The summed E-state index contributed by atoms with van der Waals surface area (Å²) in [5, 5.41) is 9.06. The van der Waals surface area contributed by atoms with Gasteiger partial charge in [-0.2, -0.15) is 0 Å². The highest BCUT2D eigenvalue weighted by atomic mass is 16.5. The zero-order valence-corrected chi connectivity index (χ0v) is 20.7. The maximum Gasteiger partial charge on any atom is 0.289 e. The van der Waals surface area contributed by atoms with Gasteiger partial charge in [-0.25, -0.2) is 0 Å². The summed E-state index contributed by atoms with van der Waals surface area (Å²) in [7, 11) is 0. The van der Waals surface area contributed by atoms with E-state index in [9.17, 15) is 19.2 Å². The van der Waals surface area contributed by atoms with Gasteiger partial charge in [-0.05, 0) is 48.9 Å². The van der Waals surface area contributed by atoms with Gasteiger partial charge in [0.2, 0.25) is 17.6 Å². The lowest BCUT2D eigenvalue weighted by molar-refractivity contribution is -0.136. The van der Waals surface area contributed by atoms with E-state index in [1.54, 1.807) is 18.2 Å². The number of amides is 4. The highest BCUT2D eigenvalue weighted by Gasteiger charge is 2.39. The first kappa shape index (κ1) is 25.4. The molecule has 192 valence electrons. The number of nitrogens with zero attached hydrogens (tertiary/aromatic N) is 2. The Hall–Kier alpha value is -3.69. The summed E-state index contributed by atoms with van der Waals surface area (Å²) in [6, 6.07) is 6.42. The van der Waals surface area contributed by atoms with E-state index in [1.165, 1.54) is 4.90 Å². The fraction of sp³-hybridized carbons (Fsp3) is 0.500. The highest BCUT2D eigenvalue weighted by molar-refractivity contribution is 6.05. The molecule has 2 N–H and O–H groups in total. The summed E-state index contributed by atoms with van der Waals surface area (Å²) in [5.74, 6) is -0.0144. The van der Waals surface area contributed by atoms with E-state index in [0.717, 1.165) is 36.9 Å². The minimum Gasteiger partial charge on any atom is -0.494 e. The largest absolute Gasteiger partial charge is 0.494 e. The molecule has 2 aliphatic rings. The molecule has 10 heteroatoms. The second-order valence-electron chi connectivity index (χ2n) is 9.51. The monoisotopic (exact) mass is 496 g/mol. The predicted octanol–water partition coefficient (Wildman–Crippen LogP) is 2.93. The van der Waals surface area contributed by atoms with Gasteiger partial charge in [-0.15, -0.1) is 0 Å². The van der Waals surface area contributed by atoms with Crippen LogP contribution in [0.25, 0.3) is 0 Å². The van der Waals surface area contributed by atoms with Gasteiger partial charge >= 0.3 is 0 Å². The summed E-state index contributed by atoms with van der Waals surface area (Å²) in [6.45, 7) is 5.43.